The summed E-state index contributed by atoms with van der Waals surface area (Å²) in [5.74, 6) is 5.94. The van der Waals surface area contributed by atoms with Crippen LogP contribution >= 0.6 is 0 Å². The van der Waals surface area contributed by atoms with Crippen molar-refractivity contribution >= 4 is 22.0 Å². The molecule has 0 saturated carbocycles. The summed E-state index contributed by atoms with van der Waals surface area (Å²) in [6.07, 6.45) is 4.80. The summed E-state index contributed by atoms with van der Waals surface area (Å²) in [5.41, 5.74) is 2.05. The molecule has 0 radical (unpaired) electrons. The second kappa shape index (κ2) is 8.71. The van der Waals surface area contributed by atoms with Crippen LogP contribution in [0.4, 0.5) is 18.9 Å². The van der Waals surface area contributed by atoms with Crippen LogP contribution in [0.1, 0.15) is 11.4 Å². The Balaban J connectivity index is 1.54. The average molecular weight is 448 g/mol. The van der Waals surface area contributed by atoms with E-state index in [1.54, 1.807) is 29.3 Å². The summed E-state index contributed by atoms with van der Waals surface area (Å²) in [4.78, 5) is 7.56. The van der Waals surface area contributed by atoms with E-state index >= 15 is 0 Å². The number of anilines is 1. The van der Waals surface area contributed by atoms with E-state index in [1.165, 1.54) is 12.3 Å². The molecule has 9 heteroatoms. The van der Waals surface area contributed by atoms with Crippen LogP contribution in [0.15, 0.2) is 98.3 Å². The number of hydrogen-bond donors (Lipinski definition) is 1. The Morgan fingerprint density at radius 2 is 1.85 bits per heavy atom. The number of rotatable bonds is 6. The van der Waals surface area contributed by atoms with E-state index in [0.29, 0.717) is 11.1 Å². The largest absolute Gasteiger partial charge is 0.433 e. The molecule has 6 nitrogen and oxygen atoms in total. The Labute approximate surface area is 187 Å². The van der Waals surface area contributed by atoms with Gasteiger partial charge in [0, 0.05) is 29.4 Å². The number of allylic oxidation sites excluding steroid dienone is 3. The molecular weight excluding hydrogens is 429 g/mol. The standard InChI is InChI=1S/C24H19F3N6/c1-16(10-13-32(28)19-6-7-23(30-15-19)24(25,26)27)17(2)21-9-12-31-33(21)22-5-3-4-18-14-29-11-8-20(18)22/h3-15H,1-2,28H2/b13-10-. The summed E-state index contributed by atoms with van der Waals surface area (Å²) >= 11 is 0. The molecule has 4 aromatic rings. The molecule has 0 spiro atoms. The lowest BCUT2D eigenvalue weighted by Gasteiger charge is -2.15. The molecule has 3 aromatic heterocycles. The lowest BCUT2D eigenvalue weighted by Crippen LogP contribution is -2.24. The molecule has 0 aliphatic heterocycles. The lowest BCUT2D eigenvalue weighted by molar-refractivity contribution is -0.141. The van der Waals surface area contributed by atoms with E-state index in [9.17, 15) is 13.2 Å². The van der Waals surface area contributed by atoms with Crippen LogP contribution in [-0.2, 0) is 6.18 Å². The molecule has 0 unspecified atom stereocenters. The summed E-state index contributed by atoms with van der Waals surface area (Å²) in [5, 5.41) is 7.56. The van der Waals surface area contributed by atoms with E-state index in [4.69, 9.17) is 5.84 Å². The molecule has 0 fully saturated rings. The molecule has 2 N–H and O–H groups in total. The van der Waals surface area contributed by atoms with Gasteiger partial charge in [0.1, 0.15) is 5.69 Å². The number of alkyl halides is 3. The third kappa shape index (κ3) is 4.53. The van der Waals surface area contributed by atoms with Crippen molar-refractivity contribution in [3.63, 3.8) is 0 Å². The third-order valence-electron chi connectivity index (χ3n) is 5.00. The molecule has 0 saturated heterocycles. The molecule has 0 aliphatic carbocycles. The number of fused-ring (bicyclic) bond motifs is 1. The minimum absolute atomic E-state index is 0.284. The molecule has 4 rings (SSSR count). The molecular formula is C24H19F3N6. The number of hydrogen-bond acceptors (Lipinski definition) is 5. The van der Waals surface area contributed by atoms with Gasteiger partial charge in [-0.25, -0.2) is 15.5 Å². The van der Waals surface area contributed by atoms with Crippen molar-refractivity contribution in [2.45, 2.75) is 6.18 Å². The molecule has 166 valence electrons. The Morgan fingerprint density at radius 3 is 2.58 bits per heavy atom. The van der Waals surface area contributed by atoms with Gasteiger partial charge < -0.3 is 0 Å². The fraction of sp³-hybridized carbons (Fsp3) is 0.0417. The first-order valence-corrected chi connectivity index (χ1v) is 9.77. The van der Waals surface area contributed by atoms with Gasteiger partial charge in [-0.2, -0.15) is 18.3 Å². The lowest BCUT2D eigenvalue weighted by atomic mass is 10.1. The highest BCUT2D eigenvalue weighted by atomic mass is 19.4. The van der Waals surface area contributed by atoms with E-state index < -0.39 is 11.9 Å². The van der Waals surface area contributed by atoms with Crippen LogP contribution in [0.2, 0.25) is 0 Å². The predicted molar refractivity (Wildman–Crippen MR) is 122 cm³/mol. The average Bonchev–Trinajstić information content (AvgIpc) is 3.30. The molecule has 33 heavy (non-hydrogen) atoms. The zero-order valence-corrected chi connectivity index (χ0v) is 17.4. The van der Waals surface area contributed by atoms with Crippen LogP contribution in [0.5, 0.6) is 0 Å². The second-order valence-electron chi connectivity index (χ2n) is 7.13. The van der Waals surface area contributed by atoms with Crippen LogP contribution in [-0.4, -0.2) is 19.7 Å². The van der Waals surface area contributed by atoms with Crippen molar-refractivity contribution in [3.8, 4) is 5.69 Å². The summed E-state index contributed by atoms with van der Waals surface area (Å²) in [6.45, 7) is 8.17. The second-order valence-corrected chi connectivity index (χ2v) is 7.13. The van der Waals surface area contributed by atoms with Gasteiger partial charge in [-0.1, -0.05) is 25.3 Å². The van der Waals surface area contributed by atoms with Crippen LogP contribution in [0.25, 0.3) is 22.0 Å². The minimum Gasteiger partial charge on any atom is -0.285 e. The number of nitrogens with two attached hydrogens (primary N) is 1. The molecule has 3 heterocycles. The topological polar surface area (TPSA) is 72.9 Å². The summed E-state index contributed by atoms with van der Waals surface area (Å²) < 4.78 is 39.8. The normalized spacial score (nSPS) is 11.8. The third-order valence-corrected chi connectivity index (χ3v) is 5.00. The fourth-order valence-electron chi connectivity index (χ4n) is 3.24. The number of hydrazine groups is 1. The van der Waals surface area contributed by atoms with Gasteiger partial charge in [0.05, 0.1) is 29.5 Å². The van der Waals surface area contributed by atoms with Crippen LogP contribution < -0.4 is 10.9 Å². The van der Waals surface area contributed by atoms with E-state index in [-0.39, 0.29) is 5.69 Å². The summed E-state index contributed by atoms with van der Waals surface area (Å²) in [6, 6.07) is 11.7. The smallest absolute Gasteiger partial charge is 0.285 e. The number of pyridine rings is 2. The van der Waals surface area contributed by atoms with Crippen molar-refractivity contribution in [2.75, 3.05) is 5.01 Å². The zero-order chi connectivity index (χ0) is 23.6. The highest BCUT2D eigenvalue weighted by Crippen LogP contribution is 2.29. The van der Waals surface area contributed by atoms with Gasteiger partial charge in [-0.3, -0.25) is 9.99 Å². The first-order chi connectivity index (χ1) is 15.8. The van der Waals surface area contributed by atoms with Crippen molar-refractivity contribution in [1.29, 1.82) is 0 Å². The SMILES string of the molecule is C=C(/C=C\N(N)c1ccc(C(F)(F)F)nc1)C(=C)c1ccnn1-c1cccc2cnccc12. The Kier molecular flexibility index (Phi) is 5.80. The molecule has 0 amide bonds. The zero-order valence-electron chi connectivity index (χ0n) is 17.4. The number of benzene rings is 1. The maximum Gasteiger partial charge on any atom is 0.433 e. The Morgan fingerprint density at radius 1 is 1.03 bits per heavy atom. The van der Waals surface area contributed by atoms with Crippen molar-refractivity contribution in [3.05, 3.63) is 110 Å². The molecule has 0 aliphatic rings. The molecule has 1 aromatic carbocycles. The maximum absolute atomic E-state index is 12.7. The minimum atomic E-state index is -4.51. The van der Waals surface area contributed by atoms with Gasteiger partial charge in [-0.05, 0) is 47.6 Å². The highest BCUT2D eigenvalue weighted by Gasteiger charge is 2.32. The van der Waals surface area contributed by atoms with Crippen LogP contribution in [0, 0.1) is 0 Å². The van der Waals surface area contributed by atoms with E-state index in [1.807, 2.05) is 30.3 Å². The molecule has 0 atom stereocenters. The number of nitrogens with zero attached hydrogens (tertiary/aromatic N) is 5. The maximum atomic E-state index is 12.7. The predicted octanol–water partition coefficient (Wildman–Crippen LogP) is 5.30. The monoisotopic (exact) mass is 448 g/mol. The first-order valence-electron chi connectivity index (χ1n) is 9.77. The van der Waals surface area contributed by atoms with E-state index in [2.05, 4.69) is 28.2 Å². The fourth-order valence-corrected chi connectivity index (χ4v) is 3.24. The highest BCUT2D eigenvalue weighted by molar-refractivity contribution is 5.90. The number of halogens is 3. The Bertz CT molecular complexity index is 1350. The summed E-state index contributed by atoms with van der Waals surface area (Å²) in [7, 11) is 0. The Hall–Kier alpha value is -4.24. The van der Waals surface area contributed by atoms with Crippen molar-refractivity contribution < 1.29 is 13.2 Å². The number of aromatic nitrogens is 4. The van der Waals surface area contributed by atoms with Crippen molar-refractivity contribution in [1.82, 2.24) is 19.7 Å². The van der Waals surface area contributed by atoms with Gasteiger partial charge in [0.15, 0.2) is 0 Å². The van der Waals surface area contributed by atoms with Gasteiger partial charge in [0.25, 0.3) is 0 Å². The van der Waals surface area contributed by atoms with Crippen LogP contribution in [0.3, 0.4) is 0 Å². The van der Waals surface area contributed by atoms with Crippen molar-refractivity contribution in [2.24, 2.45) is 5.84 Å². The quantitative estimate of drug-likeness (QED) is 0.246. The van der Waals surface area contributed by atoms with E-state index in [0.717, 1.165) is 39.4 Å². The van der Waals surface area contributed by atoms with Gasteiger partial charge >= 0.3 is 6.18 Å². The molecule has 0 bridgehead atoms. The van der Waals surface area contributed by atoms with Gasteiger partial charge in [0.2, 0.25) is 0 Å². The van der Waals surface area contributed by atoms with Gasteiger partial charge in [-0.15, -0.1) is 0 Å². The first kappa shape index (κ1) is 22.0.